The summed E-state index contributed by atoms with van der Waals surface area (Å²) in [5.41, 5.74) is 3.92. The fraction of sp³-hybridized carbons (Fsp3) is 0.333. The van der Waals surface area contributed by atoms with Gasteiger partial charge in [0.1, 0.15) is 0 Å². The van der Waals surface area contributed by atoms with Crippen LogP contribution in [0.3, 0.4) is 0 Å². The Bertz CT molecular complexity index is 587. The van der Waals surface area contributed by atoms with Crippen molar-refractivity contribution in [2.45, 2.75) is 20.3 Å². The molecule has 1 aromatic carbocycles. The predicted molar refractivity (Wildman–Crippen MR) is 78.0 cm³/mol. The fourth-order valence-corrected chi connectivity index (χ4v) is 3.84. The van der Waals surface area contributed by atoms with Gasteiger partial charge in [-0.25, -0.2) is 9.69 Å². The molecule has 2 aliphatic rings. The zero-order valence-electron chi connectivity index (χ0n) is 11.3. The highest BCUT2D eigenvalue weighted by molar-refractivity contribution is 8.16. The van der Waals surface area contributed by atoms with E-state index in [2.05, 4.69) is 36.6 Å². The van der Waals surface area contributed by atoms with E-state index >= 15 is 0 Å². The van der Waals surface area contributed by atoms with Gasteiger partial charge in [-0.2, -0.15) is 0 Å². The molecule has 0 radical (unpaired) electrons. The number of nitrogens with zero attached hydrogens (tertiary/aromatic N) is 1. The van der Waals surface area contributed by atoms with Crippen LogP contribution in [0, 0.1) is 0 Å². The second kappa shape index (κ2) is 4.94. The van der Waals surface area contributed by atoms with Crippen LogP contribution in [-0.4, -0.2) is 28.7 Å². The van der Waals surface area contributed by atoms with Gasteiger partial charge in [0.05, 0.1) is 6.92 Å². The summed E-state index contributed by atoms with van der Waals surface area (Å²) in [7, 11) is 0. The Morgan fingerprint density at radius 1 is 1.37 bits per heavy atom. The molecule has 1 amide bonds. The van der Waals surface area contributed by atoms with Crippen LogP contribution in [0.2, 0.25) is 0 Å². The monoisotopic (exact) mass is 274 g/mol. The number of benzene rings is 1. The molecule has 1 aromatic rings. The third-order valence-corrected chi connectivity index (χ3v) is 4.80. The van der Waals surface area contributed by atoms with Crippen molar-refractivity contribution >= 4 is 28.5 Å². The maximum absolute atomic E-state index is 11.6. The lowest BCUT2D eigenvalue weighted by Gasteiger charge is -2.07. The SMILES string of the molecule is CCc1ccc(C2=CSC3=[N+](C(C)=O)CC[NH+]23)cc1. The number of rotatable bonds is 2. The van der Waals surface area contributed by atoms with Gasteiger partial charge in [0.2, 0.25) is 6.54 Å². The molecule has 1 atom stereocenters. The van der Waals surface area contributed by atoms with E-state index in [0.29, 0.717) is 0 Å². The first-order valence-electron chi connectivity index (χ1n) is 6.68. The molecule has 2 heterocycles. The van der Waals surface area contributed by atoms with E-state index in [1.54, 1.807) is 18.7 Å². The molecule has 1 N–H and O–H groups in total. The average Bonchev–Trinajstić information content (AvgIpc) is 2.99. The van der Waals surface area contributed by atoms with E-state index in [9.17, 15) is 4.79 Å². The maximum Gasteiger partial charge on any atom is 0.417 e. The molecule has 2 aliphatic heterocycles. The average molecular weight is 274 g/mol. The van der Waals surface area contributed by atoms with E-state index in [1.807, 2.05) is 4.58 Å². The standard InChI is InChI=1S/C15H17N2OS/c1-3-12-4-6-13(7-5-12)14-10-19-15-16(11(2)18)8-9-17(14)15/h4-7,10H,3,8-9H2,1-2H3/q+1/p+1. The largest absolute Gasteiger partial charge is 0.417 e. The Kier molecular flexibility index (Phi) is 3.29. The number of fused-ring (bicyclic) bond motifs is 1. The molecule has 1 unspecified atom stereocenters. The highest BCUT2D eigenvalue weighted by Crippen LogP contribution is 2.21. The number of hydrogen-bond acceptors (Lipinski definition) is 2. The number of carbonyl (C=O) groups is 1. The Labute approximate surface area is 117 Å². The Morgan fingerprint density at radius 2 is 2.11 bits per heavy atom. The third-order valence-electron chi connectivity index (χ3n) is 3.76. The van der Waals surface area contributed by atoms with Crippen molar-refractivity contribution in [3.63, 3.8) is 0 Å². The first-order valence-corrected chi connectivity index (χ1v) is 7.56. The van der Waals surface area contributed by atoms with Crippen LogP contribution >= 0.6 is 11.8 Å². The molecule has 19 heavy (non-hydrogen) atoms. The van der Waals surface area contributed by atoms with Gasteiger partial charge in [-0.1, -0.05) is 19.1 Å². The number of thioether (sulfide) groups is 1. The summed E-state index contributed by atoms with van der Waals surface area (Å²) >= 11 is 1.68. The Balaban J connectivity index is 1.90. The summed E-state index contributed by atoms with van der Waals surface area (Å²) in [4.78, 5) is 12.9. The second-order valence-corrected chi connectivity index (χ2v) is 5.76. The van der Waals surface area contributed by atoms with Gasteiger partial charge in [-0.15, -0.1) is 4.58 Å². The van der Waals surface area contributed by atoms with E-state index < -0.39 is 0 Å². The fourth-order valence-electron chi connectivity index (χ4n) is 2.63. The van der Waals surface area contributed by atoms with E-state index in [4.69, 9.17) is 0 Å². The smallest absolute Gasteiger partial charge is 0.220 e. The van der Waals surface area contributed by atoms with Crippen molar-refractivity contribution < 1.29 is 14.3 Å². The first-order chi connectivity index (χ1) is 9.20. The van der Waals surface area contributed by atoms with Gasteiger partial charge in [0.25, 0.3) is 0 Å². The number of amidine groups is 1. The first kappa shape index (κ1) is 12.6. The number of hydrogen-bond donors (Lipinski definition) is 1. The van der Waals surface area contributed by atoms with Crippen molar-refractivity contribution in [1.29, 1.82) is 0 Å². The van der Waals surface area contributed by atoms with Crippen LogP contribution < -0.4 is 4.90 Å². The van der Waals surface area contributed by atoms with Crippen molar-refractivity contribution in [3.05, 3.63) is 40.8 Å². The summed E-state index contributed by atoms with van der Waals surface area (Å²) in [6, 6.07) is 8.77. The van der Waals surface area contributed by atoms with Crippen molar-refractivity contribution in [1.82, 2.24) is 0 Å². The van der Waals surface area contributed by atoms with Gasteiger partial charge in [0.15, 0.2) is 12.2 Å². The molecule has 3 nitrogen and oxygen atoms in total. The van der Waals surface area contributed by atoms with E-state index in [1.165, 1.54) is 21.7 Å². The van der Waals surface area contributed by atoms with Crippen LogP contribution in [-0.2, 0) is 11.2 Å². The number of amides is 1. The molecule has 0 aliphatic carbocycles. The van der Waals surface area contributed by atoms with Crippen molar-refractivity contribution in [3.8, 4) is 0 Å². The van der Waals surface area contributed by atoms with Crippen LogP contribution in [0.4, 0.5) is 0 Å². The van der Waals surface area contributed by atoms with Gasteiger partial charge in [0, 0.05) is 22.7 Å². The molecular weight excluding hydrogens is 256 g/mol. The van der Waals surface area contributed by atoms with Crippen LogP contribution in [0.5, 0.6) is 0 Å². The lowest BCUT2D eigenvalue weighted by atomic mass is 10.1. The van der Waals surface area contributed by atoms with Gasteiger partial charge in [-0.3, -0.25) is 0 Å². The molecule has 3 rings (SSSR count). The molecule has 0 bridgehead atoms. The highest BCUT2D eigenvalue weighted by Gasteiger charge is 2.45. The number of quaternary nitrogens is 1. The van der Waals surface area contributed by atoms with E-state index in [-0.39, 0.29) is 5.91 Å². The minimum atomic E-state index is 0.147. The number of nitrogens with one attached hydrogen (secondary N) is 1. The Morgan fingerprint density at radius 3 is 2.74 bits per heavy atom. The number of carbonyl (C=O) groups excluding carboxylic acids is 1. The molecule has 0 fully saturated rings. The zero-order chi connectivity index (χ0) is 13.4. The van der Waals surface area contributed by atoms with Crippen LogP contribution in [0.25, 0.3) is 5.70 Å². The minimum absolute atomic E-state index is 0.147. The zero-order valence-corrected chi connectivity index (χ0v) is 12.1. The molecular formula is C15H18N2OS+2. The third kappa shape index (κ3) is 2.15. The van der Waals surface area contributed by atoms with Crippen LogP contribution in [0.1, 0.15) is 25.0 Å². The lowest BCUT2D eigenvalue weighted by Crippen LogP contribution is -3.09. The van der Waals surface area contributed by atoms with Crippen molar-refractivity contribution in [2.24, 2.45) is 0 Å². The molecule has 0 saturated carbocycles. The predicted octanol–water partition coefficient (Wildman–Crippen LogP) is 1.11. The minimum Gasteiger partial charge on any atom is -0.220 e. The molecule has 0 saturated heterocycles. The van der Waals surface area contributed by atoms with Gasteiger partial charge in [-0.05, 0) is 24.1 Å². The van der Waals surface area contributed by atoms with Crippen LogP contribution in [0.15, 0.2) is 29.7 Å². The molecule has 98 valence electrons. The highest BCUT2D eigenvalue weighted by atomic mass is 32.2. The van der Waals surface area contributed by atoms with Gasteiger partial charge < -0.3 is 0 Å². The molecule has 4 heteroatoms. The summed E-state index contributed by atoms with van der Waals surface area (Å²) in [5.74, 6) is 0.147. The maximum atomic E-state index is 11.6. The van der Waals surface area contributed by atoms with Crippen molar-refractivity contribution in [2.75, 3.05) is 13.1 Å². The summed E-state index contributed by atoms with van der Waals surface area (Å²) in [6.07, 6.45) is 1.07. The molecule has 0 aromatic heterocycles. The normalized spacial score (nSPS) is 21.6. The lowest BCUT2D eigenvalue weighted by molar-refractivity contribution is -0.711. The second-order valence-electron chi connectivity index (χ2n) is 4.90. The van der Waals surface area contributed by atoms with E-state index in [0.717, 1.165) is 24.7 Å². The topological polar surface area (TPSA) is 24.5 Å². The quantitative estimate of drug-likeness (QED) is 0.817. The summed E-state index contributed by atoms with van der Waals surface area (Å²) in [5, 5.41) is 3.32. The number of aryl methyl sites for hydroxylation is 1. The molecule has 0 spiro atoms. The Hall–Kier alpha value is -1.39. The summed E-state index contributed by atoms with van der Waals surface area (Å²) < 4.78 is 1.89. The van der Waals surface area contributed by atoms with Gasteiger partial charge >= 0.3 is 11.1 Å². The summed E-state index contributed by atoms with van der Waals surface area (Å²) in [6.45, 7) is 5.62.